The van der Waals surface area contributed by atoms with Crippen molar-refractivity contribution in [1.82, 2.24) is 0 Å². The van der Waals surface area contributed by atoms with Crippen molar-refractivity contribution in [3.63, 3.8) is 0 Å². The van der Waals surface area contributed by atoms with Gasteiger partial charge in [-0.25, -0.2) is 0 Å². The molecule has 1 aromatic carbocycles. The van der Waals surface area contributed by atoms with Crippen molar-refractivity contribution >= 4 is 16.1 Å². The fraction of sp³-hybridized carbons (Fsp3) is 0.500. The second-order valence-corrected chi connectivity index (χ2v) is 6.76. The van der Waals surface area contributed by atoms with Crippen LogP contribution in [0.2, 0.25) is 0 Å². The fourth-order valence-electron chi connectivity index (χ4n) is 2.40. The standard InChI is InChI=1S/C14H18O5S/c1-10-5-7-13(8-6-10)20(17,18)19-12-4-2-3-11(9-12)14(15)16/h5-8,11-12H,2-4,9H2,1H3,(H,15,16)/t11-,12-/m0/s1. The van der Waals surface area contributed by atoms with Crippen LogP contribution in [0.1, 0.15) is 31.2 Å². The maximum Gasteiger partial charge on any atom is 0.306 e. The Morgan fingerprint density at radius 3 is 2.50 bits per heavy atom. The number of carbonyl (C=O) groups is 1. The monoisotopic (exact) mass is 298 g/mol. The van der Waals surface area contributed by atoms with Crippen LogP contribution in [0, 0.1) is 12.8 Å². The maximum atomic E-state index is 12.1. The average Bonchev–Trinajstić information content (AvgIpc) is 2.39. The quantitative estimate of drug-likeness (QED) is 0.863. The van der Waals surface area contributed by atoms with E-state index in [1.807, 2.05) is 6.92 Å². The summed E-state index contributed by atoms with van der Waals surface area (Å²) in [5.41, 5.74) is 0.965. The van der Waals surface area contributed by atoms with Gasteiger partial charge in [0.2, 0.25) is 0 Å². The summed E-state index contributed by atoms with van der Waals surface area (Å²) in [5.74, 6) is -1.40. The van der Waals surface area contributed by atoms with Crippen molar-refractivity contribution in [1.29, 1.82) is 0 Å². The molecule has 0 spiro atoms. The minimum atomic E-state index is -3.82. The number of carboxylic acids is 1. The Morgan fingerprint density at radius 1 is 1.25 bits per heavy atom. The molecule has 1 saturated carbocycles. The van der Waals surface area contributed by atoms with Gasteiger partial charge in [-0.1, -0.05) is 17.7 Å². The molecule has 1 N–H and O–H groups in total. The van der Waals surface area contributed by atoms with Crippen molar-refractivity contribution < 1.29 is 22.5 Å². The van der Waals surface area contributed by atoms with E-state index < -0.39 is 28.1 Å². The number of benzene rings is 1. The van der Waals surface area contributed by atoms with Gasteiger partial charge in [0.1, 0.15) is 0 Å². The van der Waals surface area contributed by atoms with Gasteiger partial charge in [-0.15, -0.1) is 0 Å². The Bertz CT molecular complexity index is 576. The van der Waals surface area contributed by atoms with Gasteiger partial charge in [-0.05, 0) is 44.7 Å². The maximum absolute atomic E-state index is 12.1. The van der Waals surface area contributed by atoms with Crippen LogP contribution in [0.25, 0.3) is 0 Å². The van der Waals surface area contributed by atoms with Crippen LogP contribution in [0.3, 0.4) is 0 Å². The minimum absolute atomic E-state index is 0.112. The van der Waals surface area contributed by atoms with Crippen LogP contribution in [-0.2, 0) is 19.1 Å². The lowest BCUT2D eigenvalue weighted by atomic mass is 9.87. The van der Waals surface area contributed by atoms with E-state index in [0.717, 1.165) is 5.56 Å². The van der Waals surface area contributed by atoms with Gasteiger partial charge in [-0.3, -0.25) is 8.98 Å². The number of aliphatic carboxylic acids is 1. The van der Waals surface area contributed by atoms with Crippen molar-refractivity contribution in [2.75, 3.05) is 0 Å². The molecule has 6 heteroatoms. The zero-order valence-corrected chi connectivity index (χ0v) is 12.1. The van der Waals surface area contributed by atoms with E-state index in [1.165, 1.54) is 12.1 Å². The Hall–Kier alpha value is -1.40. The van der Waals surface area contributed by atoms with Crippen LogP contribution in [0.4, 0.5) is 0 Å². The molecule has 5 nitrogen and oxygen atoms in total. The van der Waals surface area contributed by atoms with Crippen LogP contribution >= 0.6 is 0 Å². The molecule has 110 valence electrons. The zero-order chi connectivity index (χ0) is 14.8. The average molecular weight is 298 g/mol. The van der Waals surface area contributed by atoms with E-state index in [-0.39, 0.29) is 11.3 Å². The highest BCUT2D eigenvalue weighted by Gasteiger charge is 2.31. The third-order valence-electron chi connectivity index (χ3n) is 3.55. The Morgan fingerprint density at radius 2 is 1.90 bits per heavy atom. The van der Waals surface area contributed by atoms with Crippen LogP contribution < -0.4 is 0 Å². The van der Waals surface area contributed by atoms with Gasteiger partial charge >= 0.3 is 5.97 Å². The molecule has 1 aliphatic carbocycles. The van der Waals surface area contributed by atoms with Crippen molar-refractivity contribution in [2.24, 2.45) is 5.92 Å². The van der Waals surface area contributed by atoms with E-state index in [0.29, 0.717) is 19.3 Å². The molecule has 0 unspecified atom stereocenters. The molecule has 0 aromatic heterocycles. The molecule has 1 fully saturated rings. The lowest BCUT2D eigenvalue weighted by Crippen LogP contribution is -2.29. The van der Waals surface area contributed by atoms with Gasteiger partial charge < -0.3 is 5.11 Å². The highest BCUT2D eigenvalue weighted by atomic mass is 32.2. The number of rotatable bonds is 4. The van der Waals surface area contributed by atoms with Crippen LogP contribution in [0.5, 0.6) is 0 Å². The summed E-state index contributed by atoms with van der Waals surface area (Å²) in [6, 6.07) is 6.42. The SMILES string of the molecule is Cc1ccc(S(=O)(=O)O[C@H]2CCC[C@H](C(=O)O)C2)cc1. The van der Waals surface area contributed by atoms with Gasteiger partial charge in [-0.2, -0.15) is 8.42 Å². The summed E-state index contributed by atoms with van der Waals surface area (Å²) >= 11 is 0. The second-order valence-electron chi connectivity index (χ2n) is 5.19. The largest absolute Gasteiger partial charge is 0.481 e. The highest BCUT2D eigenvalue weighted by molar-refractivity contribution is 7.86. The van der Waals surface area contributed by atoms with Crippen LogP contribution in [0.15, 0.2) is 29.2 Å². The number of hydrogen-bond donors (Lipinski definition) is 1. The summed E-state index contributed by atoms with van der Waals surface area (Å²) < 4.78 is 29.4. The Balaban J connectivity index is 2.08. The third-order valence-corrected chi connectivity index (χ3v) is 4.92. The summed E-state index contributed by atoms with van der Waals surface area (Å²) in [6.45, 7) is 1.87. The molecule has 2 atom stereocenters. The summed E-state index contributed by atoms with van der Waals surface area (Å²) in [7, 11) is -3.82. The summed E-state index contributed by atoms with van der Waals surface area (Å²) in [4.78, 5) is 11.1. The molecule has 1 aliphatic rings. The Kier molecular flexibility index (Phi) is 4.45. The summed E-state index contributed by atoms with van der Waals surface area (Å²) in [5, 5.41) is 9.00. The number of hydrogen-bond acceptors (Lipinski definition) is 4. The normalized spacial score (nSPS) is 23.4. The number of carboxylic acid groups (broad SMARTS) is 1. The second kappa shape index (κ2) is 5.93. The lowest BCUT2D eigenvalue weighted by Gasteiger charge is -2.26. The van der Waals surface area contributed by atoms with Crippen molar-refractivity contribution in [3.8, 4) is 0 Å². The topological polar surface area (TPSA) is 80.7 Å². The van der Waals surface area contributed by atoms with Crippen molar-refractivity contribution in [3.05, 3.63) is 29.8 Å². The zero-order valence-electron chi connectivity index (χ0n) is 11.3. The molecule has 0 saturated heterocycles. The smallest absolute Gasteiger partial charge is 0.306 e. The minimum Gasteiger partial charge on any atom is -0.481 e. The predicted octanol–water partition coefficient (Wildman–Crippen LogP) is 2.34. The molecule has 0 radical (unpaired) electrons. The first-order valence-electron chi connectivity index (χ1n) is 6.61. The van der Waals surface area contributed by atoms with E-state index in [1.54, 1.807) is 12.1 Å². The lowest BCUT2D eigenvalue weighted by molar-refractivity contribution is -0.143. The van der Waals surface area contributed by atoms with Gasteiger partial charge in [0, 0.05) is 0 Å². The molecule has 0 bridgehead atoms. The Labute approximate surface area is 118 Å². The molecule has 0 aliphatic heterocycles. The molecule has 1 aromatic rings. The van der Waals surface area contributed by atoms with Gasteiger partial charge in [0.15, 0.2) is 0 Å². The van der Waals surface area contributed by atoms with Gasteiger partial charge in [0.25, 0.3) is 10.1 Å². The predicted molar refractivity (Wildman–Crippen MR) is 72.8 cm³/mol. The molecular formula is C14H18O5S. The molecule has 20 heavy (non-hydrogen) atoms. The van der Waals surface area contributed by atoms with Gasteiger partial charge in [0.05, 0.1) is 16.9 Å². The first-order valence-corrected chi connectivity index (χ1v) is 8.02. The van der Waals surface area contributed by atoms with E-state index in [9.17, 15) is 13.2 Å². The molecule has 0 heterocycles. The first kappa shape index (κ1) is 15.0. The van der Waals surface area contributed by atoms with E-state index in [2.05, 4.69) is 0 Å². The van der Waals surface area contributed by atoms with E-state index >= 15 is 0 Å². The highest BCUT2D eigenvalue weighted by Crippen LogP contribution is 2.29. The first-order chi connectivity index (χ1) is 9.38. The molecule has 2 rings (SSSR count). The third kappa shape index (κ3) is 3.58. The fourth-order valence-corrected chi connectivity index (χ4v) is 3.51. The molecular weight excluding hydrogens is 280 g/mol. The summed E-state index contributed by atoms with van der Waals surface area (Å²) in [6.07, 6.45) is 1.54. The number of aryl methyl sites for hydroxylation is 1. The van der Waals surface area contributed by atoms with E-state index in [4.69, 9.17) is 9.29 Å². The van der Waals surface area contributed by atoms with Crippen LogP contribution in [-0.4, -0.2) is 25.6 Å². The molecule has 0 amide bonds. The van der Waals surface area contributed by atoms with Crippen molar-refractivity contribution in [2.45, 2.75) is 43.6 Å².